The monoisotopic (exact) mass is 280 g/mol. The van der Waals surface area contributed by atoms with E-state index in [-0.39, 0.29) is 5.91 Å². The van der Waals surface area contributed by atoms with E-state index in [2.05, 4.69) is 4.90 Å². The van der Waals surface area contributed by atoms with Crippen molar-refractivity contribution >= 4 is 17.2 Å². The number of nitrogens with zero attached hydrogens (tertiary/aromatic N) is 2. The Hall–Kier alpha value is -0.910. The van der Waals surface area contributed by atoms with Crippen LogP contribution in [0.3, 0.4) is 0 Å². The smallest absolute Gasteiger partial charge is 0.254 e. The third kappa shape index (κ3) is 2.68. The maximum atomic E-state index is 12.1. The molecule has 1 aromatic heterocycles. The summed E-state index contributed by atoms with van der Waals surface area (Å²) in [7, 11) is 1.80. The quantitative estimate of drug-likeness (QED) is 0.844. The molecule has 0 saturated carbocycles. The van der Waals surface area contributed by atoms with E-state index in [0.29, 0.717) is 12.1 Å². The summed E-state index contributed by atoms with van der Waals surface area (Å²) in [4.78, 5) is 16.6. The predicted molar refractivity (Wildman–Crippen MR) is 75.6 cm³/mol. The van der Waals surface area contributed by atoms with Crippen molar-refractivity contribution in [1.82, 2.24) is 9.80 Å². The van der Waals surface area contributed by atoms with Gasteiger partial charge in [0.2, 0.25) is 0 Å². The molecule has 0 N–H and O–H groups in total. The number of carbonyl (C=O) groups is 1. The Labute approximate surface area is 118 Å². The molecule has 0 aliphatic carbocycles. The Morgan fingerprint density at radius 1 is 1.37 bits per heavy atom. The third-order valence-corrected chi connectivity index (χ3v) is 4.93. The minimum atomic E-state index is 0.185. The molecule has 1 amide bonds. The van der Waals surface area contributed by atoms with Crippen molar-refractivity contribution in [1.29, 1.82) is 0 Å². The zero-order chi connectivity index (χ0) is 13.2. The van der Waals surface area contributed by atoms with Crippen molar-refractivity contribution in [2.45, 2.75) is 25.0 Å². The first kappa shape index (κ1) is 13.1. The van der Waals surface area contributed by atoms with Gasteiger partial charge in [-0.3, -0.25) is 9.69 Å². The number of ether oxygens (including phenoxy) is 1. The number of hydrogen-bond donors (Lipinski definition) is 0. The number of methoxy groups -OCH3 is 1. The maximum Gasteiger partial charge on any atom is 0.254 e. The molecule has 0 aromatic carbocycles. The highest BCUT2D eigenvalue weighted by atomic mass is 32.1. The molecule has 1 aromatic rings. The molecule has 3 rings (SSSR count). The second kappa shape index (κ2) is 5.61. The van der Waals surface area contributed by atoms with Crippen LogP contribution >= 0.6 is 11.3 Å². The molecular weight excluding hydrogens is 260 g/mol. The van der Waals surface area contributed by atoms with E-state index in [1.54, 1.807) is 18.4 Å². The molecule has 2 saturated heterocycles. The normalized spacial score (nSPS) is 22.5. The van der Waals surface area contributed by atoms with Crippen LogP contribution < -0.4 is 0 Å². The average Bonchev–Trinajstić information content (AvgIpc) is 2.91. The summed E-state index contributed by atoms with van der Waals surface area (Å²) >= 11 is 1.58. The molecule has 3 heterocycles. The van der Waals surface area contributed by atoms with E-state index in [9.17, 15) is 4.79 Å². The van der Waals surface area contributed by atoms with Crippen LogP contribution in [0.1, 0.15) is 23.2 Å². The first-order valence-electron chi connectivity index (χ1n) is 6.86. The first-order chi connectivity index (χ1) is 9.28. The topological polar surface area (TPSA) is 32.8 Å². The van der Waals surface area contributed by atoms with Crippen molar-refractivity contribution in [3.63, 3.8) is 0 Å². The summed E-state index contributed by atoms with van der Waals surface area (Å²) < 4.78 is 5.39. The summed E-state index contributed by atoms with van der Waals surface area (Å²) in [5.74, 6) is 0.185. The molecule has 2 aliphatic rings. The highest BCUT2D eigenvalue weighted by Gasteiger charge is 2.36. The highest BCUT2D eigenvalue weighted by Crippen LogP contribution is 2.23. The Kier molecular flexibility index (Phi) is 3.86. The van der Waals surface area contributed by atoms with Gasteiger partial charge in [-0.25, -0.2) is 0 Å². The number of amides is 1. The van der Waals surface area contributed by atoms with E-state index in [0.717, 1.165) is 44.6 Å². The molecule has 19 heavy (non-hydrogen) atoms. The minimum Gasteiger partial charge on any atom is -0.381 e. The number of hydrogen-bond acceptors (Lipinski definition) is 4. The molecule has 0 bridgehead atoms. The number of thiophene rings is 1. The van der Waals surface area contributed by atoms with Gasteiger partial charge >= 0.3 is 0 Å². The number of carbonyl (C=O) groups excluding carboxylic acids is 1. The summed E-state index contributed by atoms with van der Waals surface area (Å²) in [6, 6.07) is 2.46. The van der Waals surface area contributed by atoms with E-state index in [1.807, 2.05) is 21.7 Å². The van der Waals surface area contributed by atoms with Gasteiger partial charge in [-0.2, -0.15) is 11.3 Å². The zero-order valence-corrected chi connectivity index (χ0v) is 12.1. The van der Waals surface area contributed by atoms with Crippen molar-refractivity contribution in [2.75, 3.05) is 33.3 Å². The van der Waals surface area contributed by atoms with Gasteiger partial charge in [-0.1, -0.05) is 0 Å². The van der Waals surface area contributed by atoms with E-state index >= 15 is 0 Å². The Bertz CT molecular complexity index is 421. The van der Waals surface area contributed by atoms with Crippen LogP contribution in [0.15, 0.2) is 16.8 Å². The second-order valence-electron chi connectivity index (χ2n) is 5.35. The van der Waals surface area contributed by atoms with Crippen LogP contribution in [0.5, 0.6) is 0 Å². The number of piperidine rings is 1. The molecule has 0 radical (unpaired) electrons. The highest BCUT2D eigenvalue weighted by molar-refractivity contribution is 7.08. The molecule has 0 atom stereocenters. The van der Waals surface area contributed by atoms with Gasteiger partial charge < -0.3 is 9.64 Å². The molecule has 0 unspecified atom stereocenters. The van der Waals surface area contributed by atoms with Gasteiger partial charge in [0.05, 0.1) is 11.7 Å². The van der Waals surface area contributed by atoms with Crippen LogP contribution in [0.2, 0.25) is 0 Å². The largest absolute Gasteiger partial charge is 0.381 e. The van der Waals surface area contributed by atoms with Crippen LogP contribution in [-0.2, 0) is 4.74 Å². The van der Waals surface area contributed by atoms with Crippen molar-refractivity contribution in [2.24, 2.45) is 0 Å². The van der Waals surface area contributed by atoms with Crippen molar-refractivity contribution in [3.05, 3.63) is 22.4 Å². The van der Waals surface area contributed by atoms with Gasteiger partial charge in [0.15, 0.2) is 0 Å². The molecular formula is C14H20N2O2S. The van der Waals surface area contributed by atoms with E-state index < -0.39 is 0 Å². The van der Waals surface area contributed by atoms with E-state index in [1.165, 1.54) is 0 Å². The molecule has 2 aliphatic heterocycles. The Morgan fingerprint density at radius 3 is 2.68 bits per heavy atom. The SMILES string of the molecule is COC1CCN(C2CN(C(=O)c3ccsc3)C2)CC1. The fourth-order valence-corrected chi connectivity index (χ4v) is 3.53. The fourth-order valence-electron chi connectivity index (χ4n) is 2.90. The molecule has 4 nitrogen and oxygen atoms in total. The lowest BCUT2D eigenvalue weighted by Crippen LogP contribution is -2.62. The predicted octanol–water partition coefficient (Wildman–Crippen LogP) is 1.68. The number of rotatable bonds is 3. The Balaban J connectivity index is 1.47. The van der Waals surface area contributed by atoms with Gasteiger partial charge in [-0.15, -0.1) is 0 Å². The summed E-state index contributed by atoms with van der Waals surface area (Å²) in [5.41, 5.74) is 0.835. The van der Waals surface area contributed by atoms with Crippen LogP contribution in [-0.4, -0.2) is 61.1 Å². The molecule has 104 valence electrons. The van der Waals surface area contributed by atoms with Gasteiger partial charge in [0, 0.05) is 44.7 Å². The molecule has 0 spiro atoms. The van der Waals surface area contributed by atoms with Gasteiger partial charge in [0.25, 0.3) is 5.91 Å². The summed E-state index contributed by atoms with van der Waals surface area (Å²) in [6.45, 7) is 3.96. The van der Waals surface area contributed by atoms with Crippen LogP contribution in [0, 0.1) is 0 Å². The third-order valence-electron chi connectivity index (χ3n) is 4.24. The standard InChI is InChI=1S/C14H20N2O2S/c1-18-13-2-5-15(6-3-13)12-8-16(9-12)14(17)11-4-7-19-10-11/h4,7,10,12-13H,2-3,5-6,8-9H2,1H3. The Morgan fingerprint density at radius 2 is 2.11 bits per heavy atom. The first-order valence-corrected chi connectivity index (χ1v) is 7.80. The number of likely N-dealkylation sites (tertiary alicyclic amines) is 2. The second-order valence-corrected chi connectivity index (χ2v) is 6.13. The van der Waals surface area contributed by atoms with E-state index in [4.69, 9.17) is 4.74 Å². The van der Waals surface area contributed by atoms with Gasteiger partial charge in [-0.05, 0) is 24.3 Å². The lowest BCUT2D eigenvalue weighted by Gasteiger charge is -2.47. The lowest BCUT2D eigenvalue weighted by atomic mass is 10.0. The van der Waals surface area contributed by atoms with Crippen molar-refractivity contribution < 1.29 is 9.53 Å². The fraction of sp³-hybridized carbons (Fsp3) is 0.643. The van der Waals surface area contributed by atoms with Crippen LogP contribution in [0.25, 0.3) is 0 Å². The maximum absolute atomic E-state index is 12.1. The molecule has 2 fully saturated rings. The zero-order valence-electron chi connectivity index (χ0n) is 11.2. The van der Waals surface area contributed by atoms with Crippen molar-refractivity contribution in [3.8, 4) is 0 Å². The summed E-state index contributed by atoms with van der Waals surface area (Å²) in [6.07, 6.45) is 2.66. The van der Waals surface area contributed by atoms with Gasteiger partial charge in [0.1, 0.15) is 0 Å². The van der Waals surface area contributed by atoms with Crippen LogP contribution in [0.4, 0.5) is 0 Å². The lowest BCUT2D eigenvalue weighted by molar-refractivity contribution is -0.0119. The average molecular weight is 280 g/mol. The molecule has 5 heteroatoms. The summed E-state index contributed by atoms with van der Waals surface area (Å²) in [5, 5.41) is 3.89. The minimum absolute atomic E-state index is 0.185.